The predicted molar refractivity (Wildman–Crippen MR) is 93.8 cm³/mol. The van der Waals surface area contributed by atoms with Crippen LogP contribution in [0.25, 0.3) is 0 Å². The zero-order valence-electron chi connectivity index (χ0n) is 14.8. The average Bonchev–Trinajstić information content (AvgIpc) is 2.62. The van der Waals surface area contributed by atoms with E-state index in [0.29, 0.717) is 17.9 Å². The number of amides is 1. The van der Waals surface area contributed by atoms with Gasteiger partial charge in [-0.15, -0.1) is 0 Å². The molecule has 25 heavy (non-hydrogen) atoms. The van der Waals surface area contributed by atoms with Crippen molar-refractivity contribution in [3.8, 4) is 0 Å². The summed E-state index contributed by atoms with van der Waals surface area (Å²) in [5.74, 6) is -0.145. The first kappa shape index (κ1) is 17.0. The Bertz CT molecular complexity index is 622. The Morgan fingerprint density at radius 1 is 1.16 bits per heavy atom. The fourth-order valence-corrected chi connectivity index (χ4v) is 4.86. The van der Waals surface area contributed by atoms with Gasteiger partial charge in [-0.1, -0.05) is 12.1 Å². The molecule has 1 aliphatic carbocycles. The lowest BCUT2D eigenvalue weighted by Crippen LogP contribution is -2.61. The zero-order chi connectivity index (χ0) is 17.3. The van der Waals surface area contributed by atoms with Gasteiger partial charge in [0.25, 0.3) is 0 Å². The normalized spacial score (nSPS) is 26.4. The van der Waals surface area contributed by atoms with Crippen molar-refractivity contribution in [1.29, 1.82) is 0 Å². The van der Waals surface area contributed by atoms with Gasteiger partial charge in [-0.3, -0.25) is 9.69 Å². The van der Waals surface area contributed by atoms with Crippen molar-refractivity contribution in [2.75, 3.05) is 39.4 Å². The van der Waals surface area contributed by atoms with Gasteiger partial charge in [0.05, 0.1) is 19.6 Å². The Morgan fingerprint density at radius 2 is 1.92 bits per heavy atom. The summed E-state index contributed by atoms with van der Waals surface area (Å²) in [5, 5.41) is 0. The molecular formula is C20H27FN2O2. The summed E-state index contributed by atoms with van der Waals surface area (Å²) in [6.45, 7) is 5.49. The predicted octanol–water partition coefficient (Wildman–Crippen LogP) is 2.47. The van der Waals surface area contributed by atoms with E-state index in [1.54, 1.807) is 6.07 Å². The zero-order valence-corrected chi connectivity index (χ0v) is 14.8. The molecule has 0 radical (unpaired) electrons. The molecule has 2 saturated heterocycles. The summed E-state index contributed by atoms with van der Waals surface area (Å²) in [6.07, 6.45) is 5.09. The van der Waals surface area contributed by atoms with Crippen LogP contribution < -0.4 is 0 Å². The van der Waals surface area contributed by atoms with Crippen LogP contribution in [0.1, 0.15) is 31.2 Å². The van der Waals surface area contributed by atoms with Crippen LogP contribution in [0, 0.1) is 11.2 Å². The molecule has 1 atom stereocenters. The molecule has 1 amide bonds. The van der Waals surface area contributed by atoms with Crippen molar-refractivity contribution >= 4 is 5.91 Å². The molecule has 0 N–H and O–H groups in total. The van der Waals surface area contributed by atoms with Gasteiger partial charge in [-0.2, -0.15) is 0 Å². The first-order valence-electron chi connectivity index (χ1n) is 9.50. The molecule has 1 spiro atoms. The summed E-state index contributed by atoms with van der Waals surface area (Å²) >= 11 is 0. The van der Waals surface area contributed by atoms with Gasteiger partial charge in [0.15, 0.2) is 0 Å². The maximum Gasteiger partial charge on any atom is 0.226 e. The minimum absolute atomic E-state index is 0.127. The van der Waals surface area contributed by atoms with Crippen molar-refractivity contribution in [1.82, 2.24) is 9.80 Å². The first-order chi connectivity index (χ1) is 12.2. The highest BCUT2D eigenvalue weighted by atomic mass is 19.1. The minimum Gasteiger partial charge on any atom is -0.379 e. The van der Waals surface area contributed by atoms with Crippen molar-refractivity contribution < 1.29 is 13.9 Å². The van der Waals surface area contributed by atoms with E-state index < -0.39 is 0 Å². The van der Waals surface area contributed by atoms with E-state index in [9.17, 15) is 9.18 Å². The van der Waals surface area contributed by atoms with Crippen molar-refractivity contribution in [3.63, 3.8) is 0 Å². The van der Waals surface area contributed by atoms with Crippen molar-refractivity contribution in [2.45, 2.75) is 38.1 Å². The first-order valence-corrected chi connectivity index (χ1v) is 9.50. The number of ether oxygens (including phenoxy) is 1. The molecule has 1 unspecified atom stereocenters. The quantitative estimate of drug-likeness (QED) is 0.843. The summed E-state index contributed by atoms with van der Waals surface area (Å²) in [7, 11) is 0. The molecule has 4 rings (SSSR count). The molecule has 1 aromatic rings. The highest BCUT2D eigenvalue weighted by Gasteiger charge is 2.50. The number of likely N-dealkylation sites (tertiary alicyclic amines) is 1. The molecule has 3 fully saturated rings. The topological polar surface area (TPSA) is 32.8 Å². The van der Waals surface area contributed by atoms with Crippen LogP contribution in [0.4, 0.5) is 4.39 Å². The number of piperidine rings is 1. The third-order valence-corrected chi connectivity index (χ3v) is 6.47. The smallest absolute Gasteiger partial charge is 0.226 e. The number of hydrogen-bond acceptors (Lipinski definition) is 3. The van der Waals surface area contributed by atoms with E-state index in [1.807, 2.05) is 11.0 Å². The Hall–Kier alpha value is -1.46. The highest BCUT2D eigenvalue weighted by Crippen LogP contribution is 2.51. The Morgan fingerprint density at radius 3 is 2.56 bits per heavy atom. The van der Waals surface area contributed by atoms with Crippen molar-refractivity contribution in [2.24, 2.45) is 5.41 Å². The van der Waals surface area contributed by atoms with Crippen LogP contribution in [0.15, 0.2) is 24.3 Å². The number of morpholine rings is 1. The lowest BCUT2D eigenvalue weighted by molar-refractivity contribution is -0.138. The van der Waals surface area contributed by atoms with E-state index in [2.05, 4.69) is 4.90 Å². The molecule has 2 heterocycles. The second-order valence-corrected chi connectivity index (χ2v) is 7.75. The molecule has 1 aromatic carbocycles. The number of carbonyl (C=O) groups excluding carboxylic acids is 1. The van der Waals surface area contributed by atoms with Crippen LogP contribution in [-0.4, -0.2) is 61.1 Å². The lowest BCUT2D eigenvalue weighted by atomic mass is 9.58. The minimum atomic E-state index is -0.272. The van der Waals surface area contributed by atoms with Crippen LogP contribution in [0.2, 0.25) is 0 Å². The molecule has 4 nitrogen and oxygen atoms in total. The maximum absolute atomic E-state index is 13.3. The molecule has 5 heteroatoms. The fourth-order valence-electron chi connectivity index (χ4n) is 4.86. The standard InChI is InChI=1S/C20H27FN2O2/c21-17-3-1-2-16(14-17)15-19(24)23-8-6-20(7-9-23)5-4-18(20)22-10-12-25-13-11-22/h1-3,14,18H,4-13,15H2. The number of carbonyl (C=O) groups is 1. The lowest BCUT2D eigenvalue weighted by Gasteiger charge is -2.58. The highest BCUT2D eigenvalue weighted by molar-refractivity contribution is 5.78. The van der Waals surface area contributed by atoms with E-state index in [1.165, 1.54) is 25.0 Å². The third-order valence-electron chi connectivity index (χ3n) is 6.47. The van der Waals surface area contributed by atoms with Crippen LogP contribution in [-0.2, 0) is 16.0 Å². The Labute approximate surface area is 148 Å². The molecule has 3 aliphatic rings. The SMILES string of the molecule is O=C(Cc1cccc(F)c1)N1CCC2(CCC2N2CCOCC2)CC1. The van der Waals surface area contributed by atoms with Gasteiger partial charge in [-0.25, -0.2) is 4.39 Å². The number of rotatable bonds is 3. The largest absolute Gasteiger partial charge is 0.379 e. The summed E-state index contributed by atoms with van der Waals surface area (Å²) in [6, 6.07) is 7.05. The van der Waals surface area contributed by atoms with E-state index in [0.717, 1.165) is 57.8 Å². The molecule has 0 aromatic heterocycles. The van der Waals surface area contributed by atoms with Gasteiger partial charge >= 0.3 is 0 Å². The number of benzene rings is 1. The van der Waals surface area contributed by atoms with Crippen LogP contribution in [0.3, 0.4) is 0 Å². The van der Waals surface area contributed by atoms with Crippen molar-refractivity contribution in [3.05, 3.63) is 35.6 Å². The van der Waals surface area contributed by atoms with Gasteiger partial charge < -0.3 is 9.64 Å². The van der Waals surface area contributed by atoms with Gasteiger partial charge in [0, 0.05) is 32.2 Å². The summed E-state index contributed by atoms with van der Waals surface area (Å²) in [4.78, 5) is 17.1. The molecule has 0 bridgehead atoms. The van der Waals surface area contributed by atoms with E-state index >= 15 is 0 Å². The molecule has 136 valence electrons. The summed E-state index contributed by atoms with van der Waals surface area (Å²) in [5.41, 5.74) is 1.17. The van der Waals surface area contributed by atoms with Crippen LogP contribution >= 0.6 is 0 Å². The van der Waals surface area contributed by atoms with Gasteiger partial charge in [-0.05, 0) is 48.8 Å². The summed E-state index contributed by atoms with van der Waals surface area (Å²) < 4.78 is 18.8. The monoisotopic (exact) mass is 346 g/mol. The second-order valence-electron chi connectivity index (χ2n) is 7.75. The van der Waals surface area contributed by atoms with E-state index in [-0.39, 0.29) is 11.7 Å². The van der Waals surface area contributed by atoms with Gasteiger partial charge in [0.2, 0.25) is 5.91 Å². The van der Waals surface area contributed by atoms with Crippen LogP contribution in [0.5, 0.6) is 0 Å². The average molecular weight is 346 g/mol. The van der Waals surface area contributed by atoms with E-state index in [4.69, 9.17) is 4.74 Å². The third kappa shape index (κ3) is 3.44. The fraction of sp³-hybridized carbons (Fsp3) is 0.650. The second kappa shape index (κ2) is 7.04. The Balaban J connectivity index is 1.32. The number of nitrogens with zero attached hydrogens (tertiary/aromatic N) is 2. The molecule has 2 aliphatic heterocycles. The van der Waals surface area contributed by atoms with Gasteiger partial charge in [0.1, 0.15) is 5.82 Å². The number of halogens is 1. The maximum atomic E-state index is 13.3. The molecular weight excluding hydrogens is 319 g/mol. The molecule has 1 saturated carbocycles. The number of hydrogen-bond donors (Lipinski definition) is 0. The Kier molecular flexibility index (Phi) is 4.78.